The maximum absolute atomic E-state index is 11.8. The van der Waals surface area contributed by atoms with Gasteiger partial charge in [0.15, 0.2) is 5.78 Å². The highest BCUT2D eigenvalue weighted by Gasteiger charge is 2.34. The minimum absolute atomic E-state index is 0.0356. The highest BCUT2D eigenvalue weighted by molar-refractivity contribution is 6.32. The molecule has 1 atom stereocenters. The third-order valence-electron chi connectivity index (χ3n) is 4.86. The molecule has 2 aromatic rings. The first-order valence-corrected chi connectivity index (χ1v) is 8.07. The van der Waals surface area contributed by atoms with Gasteiger partial charge in [-0.1, -0.05) is 11.6 Å². The van der Waals surface area contributed by atoms with Gasteiger partial charge in [0.05, 0.1) is 24.4 Å². The van der Waals surface area contributed by atoms with Crippen LogP contribution in [0.25, 0.3) is 10.9 Å². The third-order valence-corrected chi connectivity index (χ3v) is 5.19. The first kappa shape index (κ1) is 14.2. The molecule has 0 spiro atoms. The number of halogens is 1. The largest absolute Gasteiger partial charge is 0.372 e. The summed E-state index contributed by atoms with van der Waals surface area (Å²) in [6.45, 7) is 2.65. The molecule has 0 saturated carbocycles. The van der Waals surface area contributed by atoms with Crippen LogP contribution in [0.15, 0.2) is 18.3 Å². The zero-order chi connectivity index (χ0) is 15.1. The van der Waals surface area contributed by atoms with Crippen molar-refractivity contribution < 1.29 is 9.53 Å². The monoisotopic (exact) mass is 319 g/mol. The van der Waals surface area contributed by atoms with E-state index in [1.54, 1.807) is 6.20 Å². The van der Waals surface area contributed by atoms with Crippen LogP contribution in [0, 0.1) is 0 Å². The molecular weight excluding hydrogens is 302 g/mol. The molecular formula is C16H18ClN3O2. The SMILES string of the molecule is O=C1COCC1N1CCC(c2cc3[nH]ncc3cc2Cl)CC1. The predicted molar refractivity (Wildman–Crippen MR) is 84.3 cm³/mol. The van der Waals surface area contributed by atoms with E-state index >= 15 is 0 Å². The summed E-state index contributed by atoms with van der Waals surface area (Å²) in [5.41, 5.74) is 2.22. The van der Waals surface area contributed by atoms with Gasteiger partial charge in [0.1, 0.15) is 6.61 Å². The van der Waals surface area contributed by atoms with Crippen LogP contribution in [0.3, 0.4) is 0 Å². The minimum Gasteiger partial charge on any atom is -0.372 e. The topological polar surface area (TPSA) is 58.2 Å². The molecule has 1 aromatic heterocycles. The summed E-state index contributed by atoms with van der Waals surface area (Å²) in [5, 5.41) is 8.92. The number of ether oxygens (including phenoxy) is 1. The summed E-state index contributed by atoms with van der Waals surface area (Å²) in [7, 11) is 0. The predicted octanol–water partition coefficient (Wildman–Crippen LogP) is 2.36. The third kappa shape index (κ3) is 2.43. The lowest BCUT2D eigenvalue weighted by atomic mass is 9.88. The van der Waals surface area contributed by atoms with Gasteiger partial charge in [-0.05, 0) is 49.5 Å². The maximum Gasteiger partial charge on any atom is 0.177 e. The summed E-state index contributed by atoms with van der Waals surface area (Å²) < 4.78 is 5.27. The summed E-state index contributed by atoms with van der Waals surface area (Å²) in [6, 6.07) is 4.07. The Hall–Kier alpha value is -1.43. The van der Waals surface area contributed by atoms with Crippen molar-refractivity contribution in [2.75, 3.05) is 26.3 Å². The van der Waals surface area contributed by atoms with Crippen molar-refractivity contribution in [2.24, 2.45) is 0 Å². The smallest absolute Gasteiger partial charge is 0.177 e. The summed E-state index contributed by atoms with van der Waals surface area (Å²) >= 11 is 6.45. The van der Waals surface area contributed by atoms with Gasteiger partial charge in [-0.3, -0.25) is 14.8 Å². The van der Waals surface area contributed by atoms with E-state index in [-0.39, 0.29) is 18.4 Å². The van der Waals surface area contributed by atoms with E-state index in [9.17, 15) is 4.79 Å². The van der Waals surface area contributed by atoms with Gasteiger partial charge in [-0.15, -0.1) is 0 Å². The van der Waals surface area contributed by atoms with Gasteiger partial charge in [0.2, 0.25) is 0 Å². The van der Waals surface area contributed by atoms with Crippen molar-refractivity contribution in [1.82, 2.24) is 15.1 Å². The Labute approximate surface area is 133 Å². The van der Waals surface area contributed by atoms with Crippen molar-refractivity contribution in [3.05, 3.63) is 28.9 Å². The van der Waals surface area contributed by atoms with E-state index in [2.05, 4.69) is 21.2 Å². The first-order chi connectivity index (χ1) is 10.7. The number of hydrogen-bond acceptors (Lipinski definition) is 4. The summed E-state index contributed by atoms with van der Waals surface area (Å²) in [6.07, 6.45) is 3.82. The molecule has 0 aliphatic carbocycles. The highest BCUT2D eigenvalue weighted by atomic mass is 35.5. The molecule has 6 heteroatoms. The first-order valence-electron chi connectivity index (χ1n) is 7.69. The average molecular weight is 320 g/mol. The number of piperidine rings is 1. The van der Waals surface area contributed by atoms with E-state index < -0.39 is 0 Å². The molecule has 4 rings (SSSR count). The van der Waals surface area contributed by atoms with E-state index in [1.807, 2.05) is 6.07 Å². The molecule has 1 N–H and O–H groups in total. The maximum atomic E-state index is 11.8. The number of hydrogen-bond donors (Lipinski definition) is 1. The lowest BCUT2D eigenvalue weighted by Gasteiger charge is -2.35. The number of benzene rings is 1. The van der Waals surface area contributed by atoms with Crippen LogP contribution in [-0.2, 0) is 9.53 Å². The molecule has 116 valence electrons. The number of aromatic nitrogens is 2. The second kappa shape index (κ2) is 5.65. The number of aromatic amines is 1. The van der Waals surface area contributed by atoms with Crippen LogP contribution < -0.4 is 0 Å². The lowest BCUT2D eigenvalue weighted by Crippen LogP contribution is -2.45. The minimum atomic E-state index is -0.0356. The van der Waals surface area contributed by atoms with Gasteiger partial charge < -0.3 is 4.74 Å². The zero-order valence-corrected chi connectivity index (χ0v) is 13.0. The fourth-order valence-electron chi connectivity index (χ4n) is 3.58. The van der Waals surface area contributed by atoms with Crippen LogP contribution in [0.4, 0.5) is 0 Å². The molecule has 3 heterocycles. The van der Waals surface area contributed by atoms with E-state index in [4.69, 9.17) is 16.3 Å². The second-order valence-corrected chi connectivity index (χ2v) is 6.55. The summed E-state index contributed by atoms with van der Waals surface area (Å²) in [5.74, 6) is 0.657. The molecule has 0 radical (unpaired) electrons. The van der Waals surface area contributed by atoms with Crippen molar-refractivity contribution in [2.45, 2.75) is 24.8 Å². The van der Waals surface area contributed by atoms with E-state index in [1.165, 1.54) is 5.56 Å². The normalized spacial score (nSPS) is 24.4. The number of carbonyl (C=O) groups is 1. The molecule has 2 fully saturated rings. The number of nitrogens with zero attached hydrogens (tertiary/aromatic N) is 2. The molecule has 0 bridgehead atoms. The number of likely N-dealkylation sites (tertiary alicyclic amines) is 1. The van der Waals surface area contributed by atoms with Crippen LogP contribution in [0.5, 0.6) is 0 Å². The van der Waals surface area contributed by atoms with Gasteiger partial charge in [-0.25, -0.2) is 0 Å². The zero-order valence-electron chi connectivity index (χ0n) is 12.2. The Morgan fingerprint density at radius 2 is 2.14 bits per heavy atom. The average Bonchev–Trinajstić information content (AvgIpc) is 3.15. The van der Waals surface area contributed by atoms with Gasteiger partial charge >= 0.3 is 0 Å². The molecule has 2 aliphatic rings. The van der Waals surface area contributed by atoms with Crippen LogP contribution in [-0.4, -0.2) is 53.2 Å². The molecule has 1 unspecified atom stereocenters. The lowest BCUT2D eigenvalue weighted by molar-refractivity contribution is -0.121. The Balaban J connectivity index is 1.50. The molecule has 22 heavy (non-hydrogen) atoms. The molecule has 2 aliphatic heterocycles. The van der Waals surface area contributed by atoms with Crippen molar-refractivity contribution >= 4 is 28.3 Å². The highest BCUT2D eigenvalue weighted by Crippen LogP contribution is 2.35. The molecule has 0 amide bonds. The quantitative estimate of drug-likeness (QED) is 0.923. The number of rotatable bonds is 2. The number of nitrogens with one attached hydrogen (secondary N) is 1. The molecule has 1 aromatic carbocycles. The second-order valence-electron chi connectivity index (χ2n) is 6.14. The van der Waals surface area contributed by atoms with Crippen molar-refractivity contribution in [3.8, 4) is 0 Å². The van der Waals surface area contributed by atoms with Crippen LogP contribution >= 0.6 is 11.6 Å². The van der Waals surface area contributed by atoms with Crippen molar-refractivity contribution in [1.29, 1.82) is 0 Å². The van der Waals surface area contributed by atoms with Crippen LogP contribution in [0.1, 0.15) is 24.3 Å². The number of H-pyrrole nitrogens is 1. The number of Topliss-reactive ketones (excluding diaryl/α,β-unsaturated/α-hetero) is 1. The summed E-state index contributed by atoms with van der Waals surface area (Å²) in [4.78, 5) is 14.1. The Morgan fingerprint density at radius 3 is 2.86 bits per heavy atom. The van der Waals surface area contributed by atoms with Crippen LogP contribution in [0.2, 0.25) is 5.02 Å². The number of fused-ring (bicyclic) bond motifs is 1. The molecule has 5 nitrogen and oxygen atoms in total. The van der Waals surface area contributed by atoms with E-state index in [0.29, 0.717) is 12.5 Å². The fraction of sp³-hybridized carbons (Fsp3) is 0.500. The number of carbonyl (C=O) groups excluding carboxylic acids is 1. The Bertz CT molecular complexity index is 706. The van der Waals surface area contributed by atoms with E-state index in [0.717, 1.165) is 41.9 Å². The number of ketones is 1. The Kier molecular flexibility index (Phi) is 3.64. The van der Waals surface area contributed by atoms with Gasteiger partial charge in [-0.2, -0.15) is 5.10 Å². The fourth-order valence-corrected chi connectivity index (χ4v) is 3.91. The van der Waals surface area contributed by atoms with Gasteiger partial charge in [0, 0.05) is 10.4 Å². The van der Waals surface area contributed by atoms with Crippen molar-refractivity contribution in [3.63, 3.8) is 0 Å². The standard InChI is InChI=1S/C16H18ClN3O2/c17-13-5-11-7-18-19-14(11)6-12(13)10-1-3-20(4-2-10)15-8-22-9-16(15)21/h5-7,10,15H,1-4,8-9H2,(H,18,19). The molecule has 2 saturated heterocycles. The Morgan fingerprint density at radius 1 is 1.32 bits per heavy atom. The van der Waals surface area contributed by atoms with Gasteiger partial charge in [0.25, 0.3) is 0 Å².